The molecular formula is C20H20F2N4O3. The van der Waals surface area contributed by atoms with Gasteiger partial charge in [-0.05, 0) is 32.0 Å². The Hall–Kier alpha value is -3.07. The van der Waals surface area contributed by atoms with Crippen LogP contribution in [0, 0.1) is 0 Å². The second-order valence-corrected chi connectivity index (χ2v) is 7.08. The Kier molecular flexibility index (Phi) is 5.14. The average molecular weight is 402 g/mol. The lowest BCUT2D eigenvalue weighted by atomic mass is 10.1. The van der Waals surface area contributed by atoms with Gasteiger partial charge in [-0.3, -0.25) is 9.48 Å². The Morgan fingerprint density at radius 3 is 2.76 bits per heavy atom. The lowest BCUT2D eigenvalue weighted by Gasteiger charge is -2.25. The molecule has 7 nitrogen and oxygen atoms in total. The van der Waals surface area contributed by atoms with E-state index in [1.807, 2.05) is 24.7 Å². The van der Waals surface area contributed by atoms with E-state index in [1.54, 1.807) is 12.1 Å². The van der Waals surface area contributed by atoms with Crippen molar-refractivity contribution in [1.29, 1.82) is 0 Å². The third-order valence-corrected chi connectivity index (χ3v) is 4.46. The number of hydrogen-bond acceptors (Lipinski definition) is 5. The predicted molar refractivity (Wildman–Crippen MR) is 103 cm³/mol. The van der Waals surface area contributed by atoms with Gasteiger partial charge in [0.25, 0.3) is 12.3 Å². The Labute approximate surface area is 165 Å². The van der Waals surface area contributed by atoms with Gasteiger partial charge in [-0.25, -0.2) is 13.8 Å². The van der Waals surface area contributed by atoms with Crippen LogP contribution in [0.1, 0.15) is 42.4 Å². The molecule has 2 aromatic heterocycles. The summed E-state index contributed by atoms with van der Waals surface area (Å²) in [4.78, 5) is 16.7. The first-order valence-electron chi connectivity index (χ1n) is 9.24. The maximum atomic E-state index is 12.9. The molecule has 1 fully saturated rings. The third-order valence-electron chi connectivity index (χ3n) is 4.46. The summed E-state index contributed by atoms with van der Waals surface area (Å²) in [6, 6.07) is 7.66. The molecule has 4 rings (SSSR count). The lowest BCUT2D eigenvalue weighted by Crippen LogP contribution is -2.30. The third kappa shape index (κ3) is 4.04. The molecule has 9 heteroatoms. The first-order valence-corrected chi connectivity index (χ1v) is 9.24. The van der Waals surface area contributed by atoms with E-state index >= 15 is 0 Å². The van der Waals surface area contributed by atoms with Gasteiger partial charge in [0.1, 0.15) is 17.3 Å². The van der Waals surface area contributed by atoms with E-state index in [9.17, 15) is 13.6 Å². The smallest absolute Gasteiger partial charge is 0.280 e. The molecule has 1 N–H and O–H groups in total. The number of carbonyl (C=O) groups is 1. The molecule has 0 atom stereocenters. The standard InChI is InChI=1S/C20H20F2N4O3/c1-11(2)29-17-7-16-12(8-26(25-16)13-9-28-10-13)6-14(17)20(27)24-18-5-3-4-15(23-18)19(21)22/h3-8,11,13,19H,9-10H2,1-2H3,(H,23,24,27). The highest BCUT2D eigenvalue weighted by molar-refractivity contribution is 6.08. The maximum Gasteiger partial charge on any atom is 0.280 e. The van der Waals surface area contributed by atoms with Crippen LogP contribution in [-0.4, -0.2) is 40.0 Å². The number of carbonyl (C=O) groups excluding carboxylic acids is 1. The van der Waals surface area contributed by atoms with Crippen molar-refractivity contribution in [3.8, 4) is 5.75 Å². The Bertz CT molecular complexity index is 1050. The quantitative estimate of drug-likeness (QED) is 0.675. The number of rotatable bonds is 6. The maximum absolute atomic E-state index is 12.9. The van der Waals surface area contributed by atoms with Crippen molar-refractivity contribution in [1.82, 2.24) is 14.8 Å². The van der Waals surface area contributed by atoms with Crippen molar-refractivity contribution in [2.24, 2.45) is 0 Å². The van der Waals surface area contributed by atoms with E-state index in [-0.39, 0.29) is 23.5 Å². The monoisotopic (exact) mass is 402 g/mol. The second kappa shape index (κ2) is 7.75. The molecule has 1 aromatic carbocycles. The van der Waals surface area contributed by atoms with E-state index in [4.69, 9.17) is 9.47 Å². The zero-order valence-corrected chi connectivity index (χ0v) is 15.9. The number of aromatic nitrogens is 3. The fourth-order valence-corrected chi connectivity index (χ4v) is 2.99. The average Bonchev–Trinajstić information content (AvgIpc) is 3.01. The molecule has 0 bridgehead atoms. The first-order chi connectivity index (χ1) is 13.9. The molecule has 3 heterocycles. The number of ether oxygens (including phenoxy) is 2. The molecule has 0 unspecified atom stereocenters. The summed E-state index contributed by atoms with van der Waals surface area (Å²) in [6.07, 6.45) is -1.03. The molecule has 0 radical (unpaired) electrons. The highest BCUT2D eigenvalue weighted by atomic mass is 19.3. The van der Waals surface area contributed by atoms with Crippen LogP contribution in [0.4, 0.5) is 14.6 Å². The zero-order chi connectivity index (χ0) is 20.5. The number of amides is 1. The number of pyridine rings is 1. The van der Waals surface area contributed by atoms with Crippen LogP contribution >= 0.6 is 0 Å². The van der Waals surface area contributed by atoms with Gasteiger partial charge in [0.05, 0.1) is 36.4 Å². The molecule has 1 aliphatic rings. The Morgan fingerprint density at radius 2 is 2.10 bits per heavy atom. The topological polar surface area (TPSA) is 78.3 Å². The number of nitrogens with zero attached hydrogens (tertiary/aromatic N) is 3. The highest BCUT2D eigenvalue weighted by Crippen LogP contribution is 2.29. The summed E-state index contributed by atoms with van der Waals surface area (Å²) in [5, 5.41) is 7.89. The van der Waals surface area contributed by atoms with Crippen molar-refractivity contribution in [3.05, 3.63) is 47.8 Å². The number of benzene rings is 1. The van der Waals surface area contributed by atoms with Crippen LogP contribution in [0.2, 0.25) is 0 Å². The summed E-state index contributed by atoms with van der Waals surface area (Å²) in [6.45, 7) is 4.90. The Balaban J connectivity index is 1.67. The van der Waals surface area contributed by atoms with Gasteiger partial charge in [-0.1, -0.05) is 6.07 Å². The van der Waals surface area contributed by atoms with Gasteiger partial charge >= 0.3 is 0 Å². The van der Waals surface area contributed by atoms with E-state index in [2.05, 4.69) is 15.4 Å². The molecule has 0 spiro atoms. The summed E-state index contributed by atoms with van der Waals surface area (Å²) < 4.78 is 38.6. The second-order valence-electron chi connectivity index (χ2n) is 7.08. The fraction of sp³-hybridized carbons (Fsp3) is 0.350. The van der Waals surface area contributed by atoms with Crippen molar-refractivity contribution < 1.29 is 23.0 Å². The first kappa shape index (κ1) is 19.3. The fourth-order valence-electron chi connectivity index (χ4n) is 2.99. The predicted octanol–water partition coefficient (Wildman–Crippen LogP) is 3.98. The van der Waals surface area contributed by atoms with E-state index in [0.717, 1.165) is 5.39 Å². The van der Waals surface area contributed by atoms with Gasteiger partial charge in [0.15, 0.2) is 0 Å². The zero-order valence-electron chi connectivity index (χ0n) is 15.9. The number of nitrogens with one attached hydrogen (secondary N) is 1. The molecule has 29 heavy (non-hydrogen) atoms. The SMILES string of the molecule is CC(C)Oc1cc2nn(C3COC3)cc2cc1C(=O)Nc1cccc(C(F)F)n1. The summed E-state index contributed by atoms with van der Waals surface area (Å²) >= 11 is 0. The molecule has 0 aliphatic carbocycles. The normalized spacial score (nSPS) is 14.4. The molecule has 1 saturated heterocycles. The summed E-state index contributed by atoms with van der Waals surface area (Å²) in [5.41, 5.74) is 0.572. The van der Waals surface area contributed by atoms with Crippen LogP contribution in [0.3, 0.4) is 0 Å². The van der Waals surface area contributed by atoms with Gasteiger partial charge in [-0.2, -0.15) is 5.10 Å². The number of fused-ring (bicyclic) bond motifs is 1. The highest BCUT2D eigenvalue weighted by Gasteiger charge is 2.23. The van der Waals surface area contributed by atoms with Crippen molar-refractivity contribution in [2.45, 2.75) is 32.4 Å². The number of hydrogen-bond donors (Lipinski definition) is 1. The van der Waals surface area contributed by atoms with Crippen LogP contribution in [-0.2, 0) is 4.74 Å². The number of anilines is 1. The van der Waals surface area contributed by atoms with Crippen molar-refractivity contribution >= 4 is 22.6 Å². The summed E-state index contributed by atoms with van der Waals surface area (Å²) in [5.74, 6) is -0.0861. The minimum atomic E-state index is -2.72. The number of alkyl halides is 2. The van der Waals surface area contributed by atoms with E-state index < -0.39 is 18.0 Å². The van der Waals surface area contributed by atoms with Gasteiger partial charge in [0, 0.05) is 17.6 Å². The lowest BCUT2D eigenvalue weighted by molar-refractivity contribution is -0.0283. The summed E-state index contributed by atoms with van der Waals surface area (Å²) in [7, 11) is 0. The van der Waals surface area contributed by atoms with E-state index in [0.29, 0.717) is 24.5 Å². The molecule has 3 aromatic rings. The molecule has 152 valence electrons. The molecular weight excluding hydrogens is 382 g/mol. The Morgan fingerprint density at radius 1 is 1.31 bits per heavy atom. The van der Waals surface area contributed by atoms with Crippen molar-refractivity contribution in [3.63, 3.8) is 0 Å². The van der Waals surface area contributed by atoms with Crippen LogP contribution < -0.4 is 10.1 Å². The minimum Gasteiger partial charge on any atom is -0.490 e. The van der Waals surface area contributed by atoms with Crippen molar-refractivity contribution in [2.75, 3.05) is 18.5 Å². The van der Waals surface area contributed by atoms with Crippen LogP contribution in [0.25, 0.3) is 10.9 Å². The van der Waals surface area contributed by atoms with Gasteiger partial charge < -0.3 is 14.8 Å². The van der Waals surface area contributed by atoms with Gasteiger partial charge in [0.2, 0.25) is 0 Å². The molecule has 1 aliphatic heterocycles. The largest absolute Gasteiger partial charge is 0.490 e. The van der Waals surface area contributed by atoms with Gasteiger partial charge in [-0.15, -0.1) is 0 Å². The van der Waals surface area contributed by atoms with Crippen LogP contribution in [0.5, 0.6) is 5.75 Å². The van der Waals surface area contributed by atoms with Crippen LogP contribution in [0.15, 0.2) is 36.5 Å². The molecule has 0 saturated carbocycles. The number of halogens is 2. The van der Waals surface area contributed by atoms with E-state index in [1.165, 1.54) is 18.2 Å². The minimum absolute atomic E-state index is 0.0469. The molecule has 1 amide bonds.